The van der Waals surface area contributed by atoms with E-state index >= 15 is 0 Å². The zero-order valence-electron chi connectivity index (χ0n) is 50.5. The van der Waals surface area contributed by atoms with Crippen molar-refractivity contribution in [3.05, 3.63) is 72.9 Å². The standard InChI is InChI=1S/C70H124O6/c1-4-7-10-13-16-19-22-25-27-28-29-30-31-32-33-34-35-36-37-38-39-40-41-42-43-46-48-51-54-57-60-63-69(72)75-66-67(65-74-68(71)62-59-56-53-50-47-44-24-21-18-15-12-9-6-3)76-70(73)64-61-58-55-52-49-45-26-23-20-17-14-11-8-5-2/h9,12,18,21-23,25-26,28-29,44,47,67H,4-8,10-11,13-17,19-20,24,27,30-43,45-46,48-66H2,1-3H3/b12-9-,21-18-,25-22-,26-23-,29-28-,47-44-. The fourth-order valence-electron chi connectivity index (χ4n) is 9.48. The van der Waals surface area contributed by atoms with Gasteiger partial charge in [0.25, 0.3) is 0 Å². The van der Waals surface area contributed by atoms with Crippen molar-refractivity contribution in [2.45, 2.75) is 341 Å². The number of carbonyl (C=O) groups is 3. The lowest BCUT2D eigenvalue weighted by atomic mass is 10.0. The van der Waals surface area contributed by atoms with Crippen LogP contribution in [0.4, 0.5) is 0 Å². The topological polar surface area (TPSA) is 78.9 Å². The molecule has 1 atom stereocenters. The van der Waals surface area contributed by atoms with Gasteiger partial charge in [-0.3, -0.25) is 14.4 Å². The first-order chi connectivity index (χ1) is 37.5. The van der Waals surface area contributed by atoms with Crippen molar-refractivity contribution in [1.82, 2.24) is 0 Å². The zero-order valence-corrected chi connectivity index (χ0v) is 50.5. The van der Waals surface area contributed by atoms with Crippen molar-refractivity contribution in [2.24, 2.45) is 0 Å². The molecule has 0 saturated heterocycles. The minimum absolute atomic E-state index is 0.0854. The monoisotopic (exact) mass is 1060 g/mol. The lowest BCUT2D eigenvalue weighted by Crippen LogP contribution is -2.30. The number of hydrogen-bond donors (Lipinski definition) is 0. The van der Waals surface area contributed by atoms with E-state index in [1.807, 2.05) is 0 Å². The van der Waals surface area contributed by atoms with Gasteiger partial charge in [-0.2, -0.15) is 0 Å². The van der Waals surface area contributed by atoms with Crippen LogP contribution in [0, 0.1) is 0 Å². The SMILES string of the molecule is CC/C=C\C/C=C\C/C=C\CCCCCC(=O)OCC(COC(=O)CCCCCCCCCCCCCCCCCCCCC/C=C\C/C=C\CCCCCCC)OC(=O)CCCCCCC/C=C\CCCCCCC. The summed E-state index contributed by atoms with van der Waals surface area (Å²) in [5.41, 5.74) is 0. The van der Waals surface area contributed by atoms with Gasteiger partial charge in [0, 0.05) is 19.3 Å². The summed E-state index contributed by atoms with van der Waals surface area (Å²) >= 11 is 0. The van der Waals surface area contributed by atoms with E-state index in [-0.39, 0.29) is 31.1 Å². The van der Waals surface area contributed by atoms with Gasteiger partial charge in [0.2, 0.25) is 0 Å². The molecule has 0 amide bonds. The van der Waals surface area contributed by atoms with E-state index in [9.17, 15) is 14.4 Å². The van der Waals surface area contributed by atoms with E-state index < -0.39 is 6.10 Å². The number of unbranched alkanes of at least 4 members (excludes halogenated alkanes) is 37. The van der Waals surface area contributed by atoms with Crippen LogP contribution in [0.15, 0.2) is 72.9 Å². The molecule has 0 rings (SSSR count). The Balaban J connectivity index is 4.15. The van der Waals surface area contributed by atoms with E-state index in [1.165, 1.54) is 193 Å². The summed E-state index contributed by atoms with van der Waals surface area (Å²) in [6.45, 7) is 6.51. The second kappa shape index (κ2) is 64.4. The average molecular weight is 1060 g/mol. The molecule has 6 heteroatoms. The summed E-state index contributed by atoms with van der Waals surface area (Å²) in [6, 6.07) is 0. The fraction of sp³-hybridized carbons (Fsp3) is 0.786. The smallest absolute Gasteiger partial charge is 0.306 e. The third kappa shape index (κ3) is 61.7. The van der Waals surface area contributed by atoms with E-state index in [0.717, 1.165) is 103 Å². The summed E-state index contributed by atoms with van der Waals surface area (Å²) in [5.74, 6) is -0.911. The van der Waals surface area contributed by atoms with Gasteiger partial charge in [-0.25, -0.2) is 0 Å². The molecule has 6 nitrogen and oxygen atoms in total. The molecule has 0 saturated carbocycles. The highest BCUT2D eigenvalue weighted by Crippen LogP contribution is 2.17. The largest absolute Gasteiger partial charge is 0.462 e. The number of esters is 3. The van der Waals surface area contributed by atoms with Gasteiger partial charge in [0.1, 0.15) is 13.2 Å². The number of allylic oxidation sites excluding steroid dienone is 12. The van der Waals surface area contributed by atoms with Crippen LogP contribution in [0.2, 0.25) is 0 Å². The molecule has 0 aliphatic rings. The Morgan fingerprint density at radius 2 is 0.513 bits per heavy atom. The Labute approximate surface area is 472 Å². The maximum absolute atomic E-state index is 12.9. The number of ether oxygens (including phenoxy) is 3. The quantitative estimate of drug-likeness (QED) is 0.0261. The van der Waals surface area contributed by atoms with Crippen LogP contribution in [0.1, 0.15) is 335 Å². The number of rotatable bonds is 60. The molecular weight excluding hydrogens is 937 g/mol. The van der Waals surface area contributed by atoms with Crippen LogP contribution in [0.5, 0.6) is 0 Å². The molecule has 0 aromatic rings. The first kappa shape index (κ1) is 72.8. The Hall–Kier alpha value is -3.15. The van der Waals surface area contributed by atoms with Crippen LogP contribution in [-0.4, -0.2) is 37.2 Å². The molecule has 0 spiro atoms. The van der Waals surface area contributed by atoms with Gasteiger partial charge in [-0.05, 0) is 109 Å². The second-order valence-corrected chi connectivity index (χ2v) is 22.0. The maximum Gasteiger partial charge on any atom is 0.306 e. The highest BCUT2D eigenvalue weighted by atomic mass is 16.6. The van der Waals surface area contributed by atoms with Gasteiger partial charge < -0.3 is 14.2 Å². The molecule has 0 heterocycles. The third-order valence-electron chi connectivity index (χ3n) is 14.4. The lowest BCUT2D eigenvalue weighted by molar-refractivity contribution is -0.167. The maximum atomic E-state index is 12.9. The first-order valence-electron chi connectivity index (χ1n) is 32.9. The van der Waals surface area contributed by atoms with Gasteiger partial charge >= 0.3 is 17.9 Å². The lowest BCUT2D eigenvalue weighted by Gasteiger charge is -2.18. The van der Waals surface area contributed by atoms with Gasteiger partial charge in [-0.15, -0.1) is 0 Å². The predicted octanol–water partition coefficient (Wildman–Crippen LogP) is 22.5. The van der Waals surface area contributed by atoms with Gasteiger partial charge in [-0.1, -0.05) is 280 Å². The Bertz CT molecular complexity index is 1400. The van der Waals surface area contributed by atoms with Crippen LogP contribution in [0.3, 0.4) is 0 Å². The van der Waals surface area contributed by atoms with Crippen LogP contribution in [0.25, 0.3) is 0 Å². The molecule has 0 radical (unpaired) electrons. The van der Waals surface area contributed by atoms with E-state index in [4.69, 9.17) is 14.2 Å². The summed E-state index contributed by atoms with van der Waals surface area (Å²) in [5, 5.41) is 0. The van der Waals surface area contributed by atoms with Crippen LogP contribution >= 0.6 is 0 Å². The van der Waals surface area contributed by atoms with E-state index in [2.05, 4.69) is 93.7 Å². The van der Waals surface area contributed by atoms with E-state index in [0.29, 0.717) is 19.3 Å². The molecule has 0 aromatic carbocycles. The molecule has 440 valence electrons. The number of hydrogen-bond acceptors (Lipinski definition) is 6. The Morgan fingerprint density at radius 3 is 0.829 bits per heavy atom. The first-order valence-corrected chi connectivity index (χ1v) is 32.9. The Morgan fingerprint density at radius 1 is 0.276 bits per heavy atom. The zero-order chi connectivity index (χ0) is 55.0. The van der Waals surface area contributed by atoms with E-state index in [1.54, 1.807) is 0 Å². The molecule has 1 unspecified atom stereocenters. The molecule has 0 bridgehead atoms. The minimum atomic E-state index is -0.791. The summed E-state index contributed by atoms with van der Waals surface area (Å²) in [6.07, 6.45) is 83.6. The third-order valence-corrected chi connectivity index (χ3v) is 14.4. The van der Waals surface area contributed by atoms with Crippen LogP contribution in [-0.2, 0) is 28.6 Å². The molecule has 0 aromatic heterocycles. The average Bonchev–Trinajstić information content (AvgIpc) is 3.42. The molecule has 76 heavy (non-hydrogen) atoms. The van der Waals surface area contributed by atoms with Gasteiger partial charge in [0.15, 0.2) is 6.10 Å². The molecule has 0 aliphatic carbocycles. The summed E-state index contributed by atoms with van der Waals surface area (Å²) < 4.78 is 16.9. The Kier molecular flexibility index (Phi) is 61.7. The minimum Gasteiger partial charge on any atom is -0.462 e. The summed E-state index contributed by atoms with van der Waals surface area (Å²) in [7, 11) is 0. The normalized spacial score (nSPS) is 12.5. The molecule has 0 N–H and O–H groups in total. The van der Waals surface area contributed by atoms with Crippen molar-refractivity contribution in [2.75, 3.05) is 13.2 Å². The van der Waals surface area contributed by atoms with Crippen LogP contribution < -0.4 is 0 Å². The molecule has 0 aliphatic heterocycles. The second-order valence-electron chi connectivity index (χ2n) is 22.0. The number of carbonyl (C=O) groups excluding carboxylic acids is 3. The predicted molar refractivity (Wildman–Crippen MR) is 330 cm³/mol. The van der Waals surface area contributed by atoms with Crippen molar-refractivity contribution in [1.29, 1.82) is 0 Å². The van der Waals surface area contributed by atoms with Crippen molar-refractivity contribution in [3.8, 4) is 0 Å². The highest BCUT2D eigenvalue weighted by Gasteiger charge is 2.19. The molecule has 0 fully saturated rings. The van der Waals surface area contributed by atoms with Crippen molar-refractivity contribution in [3.63, 3.8) is 0 Å². The van der Waals surface area contributed by atoms with Crippen molar-refractivity contribution < 1.29 is 28.6 Å². The van der Waals surface area contributed by atoms with Crippen molar-refractivity contribution >= 4 is 17.9 Å². The van der Waals surface area contributed by atoms with Gasteiger partial charge in [0.05, 0.1) is 0 Å². The highest BCUT2D eigenvalue weighted by molar-refractivity contribution is 5.71. The fourth-order valence-corrected chi connectivity index (χ4v) is 9.48. The molecular formula is C70H124O6. The summed E-state index contributed by atoms with van der Waals surface area (Å²) in [4.78, 5) is 38.2.